The summed E-state index contributed by atoms with van der Waals surface area (Å²) < 4.78 is 5.08. The zero-order valence-electron chi connectivity index (χ0n) is 18.2. The van der Waals surface area contributed by atoms with Crippen LogP contribution in [0, 0.1) is 29.9 Å². The molecule has 1 aliphatic rings. The van der Waals surface area contributed by atoms with Crippen LogP contribution < -0.4 is 10.2 Å². The smallest absolute Gasteiger partial charge is 0.311 e. The Bertz CT molecular complexity index is 1060. The van der Waals surface area contributed by atoms with Crippen LogP contribution >= 0.6 is 0 Å². The van der Waals surface area contributed by atoms with Gasteiger partial charge in [-0.15, -0.1) is 0 Å². The van der Waals surface area contributed by atoms with Crippen molar-refractivity contribution in [2.45, 2.75) is 33.6 Å². The van der Waals surface area contributed by atoms with E-state index in [0.717, 1.165) is 23.1 Å². The first-order valence-electron chi connectivity index (χ1n) is 10.3. The minimum absolute atomic E-state index is 0.00138. The summed E-state index contributed by atoms with van der Waals surface area (Å²) in [6, 6.07) is 10.4. The Hall–Kier alpha value is -3.75. The molecule has 3 rings (SSSR count). The summed E-state index contributed by atoms with van der Waals surface area (Å²) in [5.41, 5.74) is 3.16. The van der Waals surface area contributed by atoms with Gasteiger partial charge < -0.3 is 15.0 Å². The van der Waals surface area contributed by atoms with E-state index in [1.54, 1.807) is 13.8 Å². The van der Waals surface area contributed by atoms with Crippen molar-refractivity contribution in [3.63, 3.8) is 0 Å². The van der Waals surface area contributed by atoms with Crippen LogP contribution in [0.4, 0.5) is 17.1 Å². The molecule has 2 aromatic carbocycles. The largest absolute Gasteiger partial charge is 0.455 e. The Morgan fingerprint density at radius 2 is 1.84 bits per heavy atom. The van der Waals surface area contributed by atoms with Gasteiger partial charge in [-0.25, -0.2) is 0 Å². The fraction of sp³-hybridized carbons (Fsp3) is 0.348. The highest BCUT2D eigenvalue weighted by Crippen LogP contribution is 2.28. The Morgan fingerprint density at radius 3 is 2.47 bits per heavy atom. The van der Waals surface area contributed by atoms with E-state index < -0.39 is 29.3 Å². The van der Waals surface area contributed by atoms with Crippen molar-refractivity contribution in [3.8, 4) is 0 Å². The molecule has 0 radical (unpaired) electrons. The minimum atomic E-state index is -0.693. The summed E-state index contributed by atoms with van der Waals surface area (Å²) in [7, 11) is 0. The van der Waals surface area contributed by atoms with E-state index >= 15 is 0 Å². The number of hydrogen-bond acceptors (Lipinski definition) is 6. The number of nitro groups is 1. The molecule has 1 fully saturated rings. The molecule has 0 spiro atoms. The van der Waals surface area contributed by atoms with Crippen molar-refractivity contribution in [2.24, 2.45) is 5.92 Å². The fourth-order valence-corrected chi connectivity index (χ4v) is 3.52. The van der Waals surface area contributed by atoms with Gasteiger partial charge in [0.25, 0.3) is 11.6 Å². The number of carbonyl (C=O) groups is 3. The van der Waals surface area contributed by atoms with Gasteiger partial charge in [-0.3, -0.25) is 24.5 Å². The summed E-state index contributed by atoms with van der Waals surface area (Å²) >= 11 is 0. The molecule has 1 aliphatic heterocycles. The second-order valence-corrected chi connectivity index (χ2v) is 7.79. The van der Waals surface area contributed by atoms with Gasteiger partial charge in [-0.05, 0) is 55.2 Å². The maximum atomic E-state index is 12.4. The standard InChI is InChI=1S/C23H25N3O6/c1-4-16-5-7-18(8-6-16)25-12-17(11-22(25)28)23(29)32-13-21(27)24-19-9-14(2)15(3)10-20(19)26(30)31/h5-10,17H,4,11-13H2,1-3H3,(H,24,27)/t17-/m0/s1. The minimum Gasteiger partial charge on any atom is -0.455 e. The topological polar surface area (TPSA) is 119 Å². The molecular weight excluding hydrogens is 414 g/mol. The summed E-state index contributed by atoms with van der Waals surface area (Å²) in [6.45, 7) is 5.12. The number of ether oxygens (including phenoxy) is 1. The first kappa shape index (κ1) is 22.9. The molecule has 168 valence electrons. The van der Waals surface area contributed by atoms with E-state index in [0.29, 0.717) is 5.69 Å². The third kappa shape index (κ3) is 5.11. The van der Waals surface area contributed by atoms with E-state index in [1.165, 1.54) is 17.0 Å². The number of amides is 2. The van der Waals surface area contributed by atoms with Crippen LogP contribution in [0.5, 0.6) is 0 Å². The lowest BCUT2D eigenvalue weighted by Gasteiger charge is -2.17. The number of aryl methyl sites for hydroxylation is 3. The van der Waals surface area contributed by atoms with Gasteiger partial charge in [0, 0.05) is 24.7 Å². The zero-order valence-corrected chi connectivity index (χ0v) is 18.2. The molecule has 0 unspecified atom stereocenters. The van der Waals surface area contributed by atoms with Crippen LogP contribution in [0.25, 0.3) is 0 Å². The molecule has 0 saturated carbocycles. The van der Waals surface area contributed by atoms with E-state index in [4.69, 9.17) is 4.74 Å². The molecule has 1 N–H and O–H groups in total. The fourth-order valence-electron chi connectivity index (χ4n) is 3.52. The van der Waals surface area contributed by atoms with Crippen molar-refractivity contribution >= 4 is 34.8 Å². The predicted molar refractivity (Wildman–Crippen MR) is 118 cm³/mol. The first-order chi connectivity index (χ1) is 15.2. The Labute approximate surface area is 185 Å². The van der Waals surface area contributed by atoms with Crippen molar-refractivity contribution in [1.82, 2.24) is 0 Å². The molecule has 2 amide bonds. The summed E-state index contributed by atoms with van der Waals surface area (Å²) in [6.07, 6.45) is 0.884. The Balaban J connectivity index is 1.58. The monoisotopic (exact) mass is 439 g/mol. The molecule has 32 heavy (non-hydrogen) atoms. The van der Waals surface area contributed by atoms with Crippen LogP contribution in [0.15, 0.2) is 36.4 Å². The van der Waals surface area contributed by atoms with Gasteiger partial charge in [0.2, 0.25) is 5.91 Å². The number of nitro benzene ring substituents is 1. The average Bonchev–Trinajstić information content (AvgIpc) is 3.16. The number of rotatable bonds is 7. The highest BCUT2D eigenvalue weighted by molar-refractivity contribution is 6.00. The van der Waals surface area contributed by atoms with Crippen molar-refractivity contribution < 1.29 is 24.0 Å². The predicted octanol–water partition coefficient (Wildman–Crippen LogP) is 3.31. The van der Waals surface area contributed by atoms with Gasteiger partial charge >= 0.3 is 5.97 Å². The molecule has 1 heterocycles. The molecule has 0 aliphatic carbocycles. The maximum absolute atomic E-state index is 12.4. The normalized spacial score (nSPS) is 15.5. The van der Waals surface area contributed by atoms with Gasteiger partial charge in [-0.1, -0.05) is 19.1 Å². The van der Waals surface area contributed by atoms with E-state index in [9.17, 15) is 24.5 Å². The lowest BCUT2D eigenvalue weighted by molar-refractivity contribution is -0.384. The maximum Gasteiger partial charge on any atom is 0.311 e. The van der Waals surface area contributed by atoms with Gasteiger partial charge in [-0.2, -0.15) is 0 Å². The number of esters is 1. The van der Waals surface area contributed by atoms with Crippen LogP contribution in [-0.2, 0) is 25.5 Å². The number of carbonyl (C=O) groups excluding carboxylic acids is 3. The van der Waals surface area contributed by atoms with Crippen molar-refractivity contribution in [2.75, 3.05) is 23.4 Å². The number of benzene rings is 2. The zero-order chi connectivity index (χ0) is 23.4. The molecule has 9 nitrogen and oxygen atoms in total. The lowest BCUT2D eigenvalue weighted by Crippen LogP contribution is -2.28. The second kappa shape index (κ2) is 9.59. The Kier molecular flexibility index (Phi) is 6.87. The third-order valence-electron chi connectivity index (χ3n) is 5.54. The van der Waals surface area contributed by atoms with Crippen LogP contribution in [0.3, 0.4) is 0 Å². The van der Waals surface area contributed by atoms with E-state index in [-0.39, 0.29) is 30.2 Å². The molecule has 1 atom stereocenters. The third-order valence-corrected chi connectivity index (χ3v) is 5.54. The van der Waals surface area contributed by atoms with E-state index in [2.05, 4.69) is 5.32 Å². The van der Waals surface area contributed by atoms with Crippen molar-refractivity contribution in [1.29, 1.82) is 0 Å². The molecule has 0 bridgehead atoms. The second-order valence-electron chi connectivity index (χ2n) is 7.79. The van der Waals surface area contributed by atoms with Crippen LogP contribution in [0.2, 0.25) is 0 Å². The van der Waals surface area contributed by atoms with Gasteiger partial charge in [0.15, 0.2) is 6.61 Å². The summed E-state index contributed by atoms with van der Waals surface area (Å²) in [5.74, 6) is -2.22. The van der Waals surface area contributed by atoms with Gasteiger partial charge in [0.1, 0.15) is 5.69 Å². The number of anilines is 2. The lowest BCUT2D eigenvalue weighted by atomic mass is 10.1. The SMILES string of the molecule is CCc1ccc(N2C[C@@H](C(=O)OCC(=O)Nc3cc(C)c(C)cc3[N+](=O)[O-])CC2=O)cc1. The average molecular weight is 439 g/mol. The molecule has 2 aromatic rings. The molecule has 1 saturated heterocycles. The number of nitrogens with one attached hydrogen (secondary N) is 1. The van der Waals surface area contributed by atoms with Gasteiger partial charge in [0.05, 0.1) is 10.8 Å². The highest BCUT2D eigenvalue weighted by atomic mass is 16.6. The summed E-state index contributed by atoms with van der Waals surface area (Å²) in [5, 5.41) is 13.7. The van der Waals surface area contributed by atoms with E-state index in [1.807, 2.05) is 31.2 Å². The number of hydrogen-bond donors (Lipinski definition) is 1. The first-order valence-corrected chi connectivity index (χ1v) is 10.3. The molecular formula is C23H25N3O6. The molecule has 0 aromatic heterocycles. The van der Waals surface area contributed by atoms with Crippen molar-refractivity contribution in [3.05, 3.63) is 63.2 Å². The number of nitrogens with zero attached hydrogens (tertiary/aromatic N) is 2. The quantitative estimate of drug-likeness (QED) is 0.402. The molecule has 9 heteroatoms. The Morgan fingerprint density at radius 1 is 1.19 bits per heavy atom. The highest BCUT2D eigenvalue weighted by Gasteiger charge is 2.36. The van der Waals surface area contributed by atoms with Crippen LogP contribution in [0.1, 0.15) is 30.0 Å². The van der Waals surface area contributed by atoms with Crippen LogP contribution in [-0.4, -0.2) is 35.9 Å². The summed E-state index contributed by atoms with van der Waals surface area (Å²) in [4.78, 5) is 49.2.